The van der Waals surface area contributed by atoms with Gasteiger partial charge in [0.15, 0.2) is 0 Å². The number of nitrogens with zero attached hydrogens (tertiary/aromatic N) is 2. The van der Waals surface area contributed by atoms with E-state index in [0.29, 0.717) is 13.2 Å². The average Bonchev–Trinajstić information content (AvgIpc) is 2.64. The van der Waals surface area contributed by atoms with E-state index in [2.05, 4.69) is 5.10 Å². The number of aromatic nitrogens is 2. The van der Waals surface area contributed by atoms with Gasteiger partial charge in [-0.1, -0.05) is 13.8 Å². The summed E-state index contributed by atoms with van der Waals surface area (Å²) in [6.07, 6.45) is 1.80. The Kier molecular flexibility index (Phi) is 5.74. The molecule has 0 aliphatic rings. The van der Waals surface area contributed by atoms with Crippen molar-refractivity contribution < 1.29 is 14.6 Å². The summed E-state index contributed by atoms with van der Waals surface area (Å²) in [5.41, 5.74) is 2.05. The minimum atomic E-state index is -0.831. The Labute approximate surface area is 120 Å². The maximum absolute atomic E-state index is 11.7. The van der Waals surface area contributed by atoms with Crippen LogP contribution in [-0.2, 0) is 35.3 Å². The second-order valence-electron chi connectivity index (χ2n) is 5.53. The summed E-state index contributed by atoms with van der Waals surface area (Å²) in [5.74, 6) is -0.222. The molecule has 0 saturated carbocycles. The van der Waals surface area contributed by atoms with Gasteiger partial charge >= 0.3 is 5.97 Å². The highest BCUT2D eigenvalue weighted by Crippen LogP contribution is 2.19. The maximum Gasteiger partial charge on any atom is 0.310 e. The fraction of sp³-hybridized carbons (Fsp3) is 0.733. The van der Waals surface area contributed by atoms with Gasteiger partial charge in [-0.15, -0.1) is 0 Å². The van der Waals surface area contributed by atoms with E-state index >= 15 is 0 Å². The highest BCUT2D eigenvalue weighted by molar-refractivity contribution is 5.73. The smallest absolute Gasteiger partial charge is 0.310 e. The molecule has 0 atom stereocenters. The number of carbonyl (C=O) groups excluding carboxylic acids is 1. The molecule has 0 fully saturated rings. The van der Waals surface area contributed by atoms with Gasteiger partial charge in [-0.25, -0.2) is 0 Å². The number of carbonyl (C=O) groups is 1. The summed E-state index contributed by atoms with van der Waals surface area (Å²) in [4.78, 5) is 11.7. The number of rotatable bonds is 7. The molecule has 20 heavy (non-hydrogen) atoms. The molecule has 1 aromatic rings. The second-order valence-corrected chi connectivity index (χ2v) is 5.53. The largest absolute Gasteiger partial charge is 0.466 e. The molecule has 0 spiro atoms. The lowest BCUT2D eigenvalue weighted by Crippen LogP contribution is -2.27. The van der Waals surface area contributed by atoms with Gasteiger partial charge < -0.3 is 9.84 Å². The Morgan fingerprint density at radius 1 is 1.30 bits per heavy atom. The van der Waals surface area contributed by atoms with Crippen LogP contribution in [0.1, 0.15) is 51.6 Å². The standard InChI is InChI=1S/C15H26N2O3/c1-6-12-11(9-14(18)20-8-3)13(7-2)17(16-12)10-15(4,5)19/h19H,6-10H2,1-5H3. The molecule has 0 saturated heterocycles. The molecular weight excluding hydrogens is 256 g/mol. The van der Waals surface area contributed by atoms with Crippen molar-refractivity contribution in [1.29, 1.82) is 0 Å². The molecule has 5 heteroatoms. The van der Waals surface area contributed by atoms with Gasteiger partial charge in [-0.3, -0.25) is 9.48 Å². The maximum atomic E-state index is 11.7. The van der Waals surface area contributed by atoms with E-state index in [1.165, 1.54) is 0 Å². The van der Waals surface area contributed by atoms with Gasteiger partial charge in [0, 0.05) is 11.3 Å². The van der Waals surface area contributed by atoms with Crippen LogP contribution in [0.5, 0.6) is 0 Å². The molecule has 1 N–H and O–H groups in total. The third kappa shape index (κ3) is 4.34. The van der Waals surface area contributed by atoms with Crippen LogP contribution in [0.3, 0.4) is 0 Å². The zero-order chi connectivity index (χ0) is 15.3. The fourth-order valence-corrected chi connectivity index (χ4v) is 2.33. The third-order valence-corrected chi connectivity index (χ3v) is 3.08. The molecule has 0 aromatic carbocycles. The van der Waals surface area contributed by atoms with Gasteiger partial charge in [-0.2, -0.15) is 5.10 Å². The predicted octanol–water partition coefficient (Wildman–Crippen LogP) is 1.88. The van der Waals surface area contributed by atoms with Crippen LogP contribution in [0.15, 0.2) is 0 Å². The molecule has 1 aromatic heterocycles. The van der Waals surface area contributed by atoms with E-state index in [9.17, 15) is 9.90 Å². The van der Waals surface area contributed by atoms with Gasteiger partial charge in [0.25, 0.3) is 0 Å². The van der Waals surface area contributed by atoms with Crippen LogP contribution in [-0.4, -0.2) is 33.1 Å². The normalized spacial score (nSPS) is 11.7. The van der Waals surface area contributed by atoms with E-state index in [-0.39, 0.29) is 12.4 Å². The monoisotopic (exact) mass is 282 g/mol. The lowest BCUT2D eigenvalue weighted by atomic mass is 10.1. The molecule has 0 radical (unpaired) electrons. The average molecular weight is 282 g/mol. The van der Waals surface area contributed by atoms with Crippen LogP contribution >= 0.6 is 0 Å². The third-order valence-electron chi connectivity index (χ3n) is 3.08. The van der Waals surface area contributed by atoms with Gasteiger partial charge in [-0.05, 0) is 33.6 Å². The van der Waals surface area contributed by atoms with Crippen LogP contribution in [0, 0.1) is 0 Å². The Balaban J connectivity index is 3.11. The first kappa shape index (κ1) is 16.7. The van der Waals surface area contributed by atoms with Gasteiger partial charge in [0.2, 0.25) is 0 Å². The van der Waals surface area contributed by atoms with Crippen LogP contribution in [0.2, 0.25) is 0 Å². The van der Waals surface area contributed by atoms with E-state index in [4.69, 9.17) is 4.74 Å². The highest BCUT2D eigenvalue weighted by Gasteiger charge is 2.22. The van der Waals surface area contributed by atoms with E-state index in [0.717, 1.165) is 29.8 Å². The molecule has 0 aliphatic heterocycles. The van der Waals surface area contributed by atoms with Crippen molar-refractivity contribution >= 4 is 5.97 Å². The Morgan fingerprint density at radius 3 is 2.40 bits per heavy atom. The van der Waals surface area contributed by atoms with Gasteiger partial charge in [0.1, 0.15) is 0 Å². The van der Waals surface area contributed by atoms with Crippen molar-refractivity contribution in [2.24, 2.45) is 0 Å². The van der Waals surface area contributed by atoms with Crippen molar-refractivity contribution in [1.82, 2.24) is 9.78 Å². The van der Waals surface area contributed by atoms with E-state index in [1.807, 2.05) is 18.5 Å². The zero-order valence-corrected chi connectivity index (χ0v) is 13.2. The molecule has 0 bridgehead atoms. The van der Waals surface area contributed by atoms with Crippen LogP contribution < -0.4 is 0 Å². The number of aliphatic hydroxyl groups is 1. The minimum absolute atomic E-state index is 0.222. The van der Waals surface area contributed by atoms with Crippen molar-refractivity contribution in [3.8, 4) is 0 Å². The number of aryl methyl sites for hydroxylation is 1. The summed E-state index contributed by atoms with van der Waals surface area (Å²) in [7, 11) is 0. The second kappa shape index (κ2) is 6.88. The molecule has 0 aliphatic carbocycles. The lowest BCUT2D eigenvalue weighted by Gasteiger charge is -2.18. The molecular formula is C15H26N2O3. The molecule has 114 valence electrons. The Morgan fingerprint density at radius 2 is 1.95 bits per heavy atom. The van der Waals surface area contributed by atoms with Crippen molar-refractivity contribution in [2.75, 3.05) is 6.61 Å². The van der Waals surface area contributed by atoms with Crippen molar-refractivity contribution in [3.63, 3.8) is 0 Å². The molecule has 5 nitrogen and oxygen atoms in total. The van der Waals surface area contributed by atoms with Crippen LogP contribution in [0.4, 0.5) is 0 Å². The minimum Gasteiger partial charge on any atom is -0.466 e. The molecule has 1 rings (SSSR count). The lowest BCUT2D eigenvalue weighted by molar-refractivity contribution is -0.142. The van der Waals surface area contributed by atoms with Crippen molar-refractivity contribution in [3.05, 3.63) is 17.0 Å². The number of hydrogen-bond acceptors (Lipinski definition) is 4. The van der Waals surface area contributed by atoms with Crippen LogP contribution in [0.25, 0.3) is 0 Å². The zero-order valence-electron chi connectivity index (χ0n) is 13.2. The quantitative estimate of drug-likeness (QED) is 0.776. The summed E-state index contributed by atoms with van der Waals surface area (Å²) in [6.45, 7) is 10.2. The molecule has 0 unspecified atom stereocenters. The van der Waals surface area contributed by atoms with Crippen molar-refractivity contribution in [2.45, 2.75) is 66.0 Å². The topological polar surface area (TPSA) is 64.3 Å². The predicted molar refractivity (Wildman–Crippen MR) is 77.6 cm³/mol. The summed E-state index contributed by atoms with van der Waals surface area (Å²) in [5, 5.41) is 14.5. The number of ether oxygens (including phenoxy) is 1. The molecule has 1 heterocycles. The fourth-order valence-electron chi connectivity index (χ4n) is 2.33. The van der Waals surface area contributed by atoms with E-state index < -0.39 is 5.60 Å². The Hall–Kier alpha value is -1.36. The summed E-state index contributed by atoms with van der Waals surface area (Å²) < 4.78 is 6.86. The number of hydrogen-bond donors (Lipinski definition) is 1. The SMILES string of the molecule is CCOC(=O)Cc1c(CC)nn(CC(C)(C)O)c1CC. The Bertz CT molecular complexity index is 458. The van der Waals surface area contributed by atoms with E-state index in [1.54, 1.807) is 20.8 Å². The number of esters is 1. The highest BCUT2D eigenvalue weighted by atomic mass is 16.5. The summed E-state index contributed by atoms with van der Waals surface area (Å²) in [6, 6.07) is 0. The summed E-state index contributed by atoms with van der Waals surface area (Å²) >= 11 is 0. The first-order chi connectivity index (χ1) is 9.32. The first-order valence-corrected chi connectivity index (χ1v) is 7.27. The molecule has 0 amide bonds. The van der Waals surface area contributed by atoms with Gasteiger partial charge in [0.05, 0.1) is 30.9 Å². The first-order valence-electron chi connectivity index (χ1n) is 7.27.